The minimum Gasteiger partial charge on any atom is -0.368 e. The van der Waals surface area contributed by atoms with Gasteiger partial charge in [0.1, 0.15) is 6.61 Å². The second-order valence-electron chi connectivity index (χ2n) is 5.08. The van der Waals surface area contributed by atoms with Crippen LogP contribution in [0.3, 0.4) is 0 Å². The molecule has 2 N–H and O–H groups in total. The molecule has 20 heavy (non-hydrogen) atoms. The van der Waals surface area contributed by atoms with Gasteiger partial charge in [-0.15, -0.1) is 0 Å². The lowest BCUT2D eigenvalue weighted by molar-refractivity contribution is -0.123. The van der Waals surface area contributed by atoms with Crippen molar-refractivity contribution >= 4 is 17.4 Å². The Morgan fingerprint density at radius 2 is 2.25 bits per heavy atom. The van der Waals surface area contributed by atoms with Gasteiger partial charge in [-0.05, 0) is 38.1 Å². The third kappa shape index (κ3) is 4.18. The highest BCUT2D eigenvalue weighted by molar-refractivity contribution is 5.94. The van der Waals surface area contributed by atoms with Crippen molar-refractivity contribution in [1.29, 1.82) is 0 Å². The second kappa shape index (κ2) is 7.21. The van der Waals surface area contributed by atoms with Crippen molar-refractivity contribution < 1.29 is 9.53 Å². The summed E-state index contributed by atoms with van der Waals surface area (Å²) in [6.45, 7) is 2.01. The van der Waals surface area contributed by atoms with Crippen LogP contribution in [0.25, 0.3) is 0 Å². The number of rotatable bonds is 5. The van der Waals surface area contributed by atoms with Crippen molar-refractivity contribution in [3.8, 4) is 0 Å². The van der Waals surface area contributed by atoms with Gasteiger partial charge in [0.2, 0.25) is 5.91 Å². The summed E-state index contributed by atoms with van der Waals surface area (Å²) in [5, 5.41) is 6.12. The van der Waals surface area contributed by atoms with E-state index in [1.807, 2.05) is 25.1 Å². The van der Waals surface area contributed by atoms with Crippen LogP contribution in [-0.4, -0.2) is 50.8 Å². The molecule has 0 unspecified atom stereocenters. The van der Waals surface area contributed by atoms with Crippen LogP contribution >= 0.6 is 0 Å². The molecule has 1 aliphatic rings. The number of piperidine rings is 1. The molecule has 0 bridgehead atoms. The molecule has 0 saturated carbocycles. The molecule has 1 aromatic heterocycles. The van der Waals surface area contributed by atoms with Gasteiger partial charge in [0.05, 0.1) is 11.8 Å². The Hall–Kier alpha value is -1.66. The number of hydrogen-bond donors (Lipinski definition) is 2. The topological polar surface area (TPSA) is 66.5 Å². The Morgan fingerprint density at radius 3 is 2.95 bits per heavy atom. The number of amides is 1. The number of nitrogens with zero attached hydrogens (tertiary/aromatic N) is 2. The van der Waals surface area contributed by atoms with Crippen molar-refractivity contribution in [2.45, 2.75) is 18.9 Å². The summed E-state index contributed by atoms with van der Waals surface area (Å²) in [6, 6.07) is 3.64. The predicted octanol–water partition coefficient (Wildman–Crippen LogP) is 0.855. The number of ether oxygens (including phenoxy) is 1. The van der Waals surface area contributed by atoms with E-state index in [9.17, 15) is 4.79 Å². The highest BCUT2D eigenvalue weighted by Gasteiger charge is 2.15. The average molecular weight is 278 g/mol. The molecule has 1 fully saturated rings. The first-order valence-corrected chi connectivity index (χ1v) is 6.91. The number of carbonyl (C=O) groups is 1. The lowest BCUT2D eigenvalue weighted by Crippen LogP contribution is -2.34. The maximum Gasteiger partial charge on any atom is 0.250 e. The molecule has 0 radical (unpaired) electrons. The fraction of sp³-hybridized carbons (Fsp3) is 0.571. The highest BCUT2D eigenvalue weighted by atomic mass is 16.5. The molecule has 0 spiro atoms. The van der Waals surface area contributed by atoms with Gasteiger partial charge in [0, 0.05) is 20.3 Å². The van der Waals surface area contributed by atoms with E-state index < -0.39 is 0 Å². The Balaban J connectivity index is 1.85. The van der Waals surface area contributed by atoms with E-state index in [0.29, 0.717) is 5.69 Å². The van der Waals surface area contributed by atoms with Crippen LogP contribution in [0, 0.1) is 0 Å². The first kappa shape index (κ1) is 14.7. The lowest BCUT2D eigenvalue weighted by atomic mass is 10.1. The SMILES string of the molecule is CN(C)c1ncccc1NC(=O)COC1CCNCC1. The van der Waals surface area contributed by atoms with Crippen LogP contribution in [0.15, 0.2) is 18.3 Å². The molecule has 2 heterocycles. The largest absolute Gasteiger partial charge is 0.368 e. The molecule has 0 aliphatic carbocycles. The van der Waals surface area contributed by atoms with E-state index in [1.54, 1.807) is 12.3 Å². The van der Waals surface area contributed by atoms with Gasteiger partial charge in [0.25, 0.3) is 0 Å². The van der Waals surface area contributed by atoms with Crippen LogP contribution in [0.2, 0.25) is 0 Å². The summed E-state index contributed by atoms with van der Waals surface area (Å²) in [5.41, 5.74) is 0.705. The molecule has 1 aliphatic heterocycles. The number of hydrogen-bond acceptors (Lipinski definition) is 5. The number of pyridine rings is 1. The standard InChI is InChI=1S/C14H22N4O2/c1-18(2)14-12(4-3-7-16-14)17-13(19)10-20-11-5-8-15-9-6-11/h3-4,7,11,15H,5-6,8-10H2,1-2H3,(H,17,19). The van der Waals surface area contributed by atoms with E-state index in [-0.39, 0.29) is 18.6 Å². The lowest BCUT2D eigenvalue weighted by Gasteiger charge is -2.23. The molecule has 110 valence electrons. The van der Waals surface area contributed by atoms with Crippen LogP contribution < -0.4 is 15.5 Å². The molecule has 2 rings (SSSR count). The smallest absolute Gasteiger partial charge is 0.250 e. The molecule has 1 saturated heterocycles. The third-order valence-electron chi connectivity index (χ3n) is 3.22. The van der Waals surface area contributed by atoms with Crippen LogP contribution in [-0.2, 0) is 9.53 Å². The maximum absolute atomic E-state index is 11.9. The predicted molar refractivity (Wildman–Crippen MR) is 79.0 cm³/mol. The van der Waals surface area contributed by atoms with E-state index >= 15 is 0 Å². The third-order valence-corrected chi connectivity index (χ3v) is 3.22. The normalized spacial score (nSPS) is 15.9. The summed E-state index contributed by atoms with van der Waals surface area (Å²) in [7, 11) is 3.78. The molecule has 1 aromatic rings. The van der Waals surface area contributed by atoms with Crippen molar-refractivity contribution in [2.24, 2.45) is 0 Å². The van der Waals surface area contributed by atoms with E-state index in [4.69, 9.17) is 4.74 Å². The first-order chi connectivity index (χ1) is 9.66. The number of aromatic nitrogens is 1. The van der Waals surface area contributed by atoms with Crippen molar-refractivity contribution in [1.82, 2.24) is 10.3 Å². The minimum atomic E-state index is -0.139. The van der Waals surface area contributed by atoms with E-state index in [1.165, 1.54) is 0 Å². The molecular weight excluding hydrogens is 256 g/mol. The van der Waals surface area contributed by atoms with Crippen LogP contribution in [0.5, 0.6) is 0 Å². The quantitative estimate of drug-likeness (QED) is 0.836. The Kier molecular flexibility index (Phi) is 5.31. The van der Waals surface area contributed by atoms with Gasteiger partial charge in [-0.3, -0.25) is 4.79 Å². The fourth-order valence-corrected chi connectivity index (χ4v) is 2.19. The van der Waals surface area contributed by atoms with Gasteiger partial charge in [-0.1, -0.05) is 0 Å². The Labute approximate surface area is 119 Å². The number of carbonyl (C=O) groups excluding carboxylic acids is 1. The maximum atomic E-state index is 11.9. The Bertz CT molecular complexity index is 445. The first-order valence-electron chi connectivity index (χ1n) is 6.91. The van der Waals surface area contributed by atoms with Gasteiger partial charge in [-0.2, -0.15) is 0 Å². The monoisotopic (exact) mass is 278 g/mol. The Morgan fingerprint density at radius 1 is 1.50 bits per heavy atom. The number of anilines is 2. The summed E-state index contributed by atoms with van der Waals surface area (Å²) in [6.07, 6.45) is 3.81. The molecule has 0 aromatic carbocycles. The van der Waals surface area contributed by atoms with E-state index in [0.717, 1.165) is 31.7 Å². The molecule has 6 nitrogen and oxygen atoms in total. The average Bonchev–Trinajstić information content (AvgIpc) is 2.46. The van der Waals surface area contributed by atoms with E-state index in [2.05, 4.69) is 15.6 Å². The molecule has 0 atom stereocenters. The summed E-state index contributed by atoms with van der Waals surface area (Å²) in [5.74, 6) is 0.599. The van der Waals surface area contributed by atoms with Gasteiger partial charge >= 0.3 is 0 Å². The van der Waals surface area contributed by atoms with Gasteiger partial charge in [-0.25, -0.2) is 4.98 Å². The van der Waals surface area contributed by atoms with Crippen LogP contribution in [0.1, 0.15) is 12.8 Å². The fourth-order valence-electron chi connectivity index (χ4n) is 2.19. The van der Waals surface area contributed by atoms with Gasteiger partial charge in [0.15, 0.2) is 5.82 Å². The zero-order chi connectivity index (χ0) is 14.4. The van der Waals surface area contributed by atoms with Crippen molar-refractivity contribution in [3.63, 3.8) is 0 Å². The summed E-state index contributed by atoms with van der Waals surface area (Å²) < 4.78 is 5.63. The molecular formula is C14H22N4O2. The van der Waals surface area contributed by atoms with Crippen molar-refractivity contribution in [3.05, 3.63) is 18.3 Å². The second-order valence-corrected chi connectivity index (χ2v) is 5.08. The summed E-state index contributed by atoms with van der Waals surface area (Å²) >= 11 is 0. The zero-order valence-corrected chi connectivity index (χ0v) is 12.1. The molecule has 1 amide bonds. The van der Waals surface area contributed by atoms with Crippen LogP contribution in [0.4, 0.5) is 11.5 Å². The number of nitrogens with one attached hydrogen (secondary N) is 2. The highest BCUT2D eigenvalue weighted by Crippen LogP contribution is 2.20. The van der Waals surface area contributed by atoms with Crippen molar-refractivity contribution in [2.75, 3.05) is 44.0 Å². The minimum absolute atomic E-state index is 0.0897. The van der Waals surface area contributed by atoms with Gasteiger partial charge < -0.3 is 20.3 Å². The summed E-state index contributed by atoms with van der Waals surface area (Å²) in [4.78, 5) is 18.0. The molecule has 6 heteroatoms. The zero-order valence-electron chi connectivity index (χ0n) is 12.1.